The summed E-state index contributed by atoms with van der Waals surface area (Å²) in [7, 11) is 0. The molecule has 9 heteroatoms. The largest absolute Gasteiger partial charge is 0.490 e. The van der Waals surface area contributed by atoms with Gasteiger partial charge in [-0.2, -0.15) is 0 Å². The third kappa shape index (κ3) is 5.60. The van der Waals surface area contributed by atoms with E-state index in [2.05, 4.69) is 0 Å². The summed E-state index contributed by atoms with van der Waals surface area (Å²) in [6.07, 6.45) is -5.44. The predicted molar refractivity (Wildman–Crippen MR) is 119 cm³/mol. The highest BCUT2D eigenvalue weighted by molar-refractivity contribution is 6.31. The third-order valence-corrected chi connectivity index (χ3v) is 6.19. The Morgan fingerprint density at radius 1 is 1.00 bits per heavy atom. The molecule has 4 rings (SSSR count). The number of ether oxygens (including phenoxy) is 3. The molecular weight excluding hydrogens is 452 g/mol. The summed E-state index contributed by atoms with van der Waals surface area (Å²) in [6.45, 7) is 1.12. The Bertz CT molecular complexity index is 946. The lowest BCUT2D eigenvalue weighted by molar-refractivity contribution is -0.286. The summed E-state index contributed by atoms with van der Waals surface area (Å²) in [5, 5.41) is 50.6. The minimum Gasteiger partial charge on any atom is -0.490 e. The minimum absolute atomic E-state index is 0.252. The SMILES string of the molecule is C[C@@H](O)[C@H]1O[C@@H](Oc2cc(CO)cc(Cl)c2Cc2ccc(OC3CC3)cc2)[C@H](O)[C@@H](O)[C@@H]1O. The number of halogens is 1. The summed E-state index contributed by atoms with van der Waals surface area (Å²) in [6, 6.07) is 10.8. The molecule has 33 heavy (non-hydrogen) atoms. The molecule has 0 spiro atoms. The summed E-state index contributed by atoms with van der Waals surface area (Å²) in [4.78, 5) is 0. The van der Waals surface area contributed by atoms with Crippen molar-refractivity contribution in [1.29, 1.82) is 0 Å². The topological polar surface area (TPSA) is 129 Å². The van der Waals surface area contributed by atoms with Crippen LogP contribution in [0.3, 0.4) is 0 Å². The molecule has 2 aromatic rings. The lowest BCUT2D eigenvalue weighted by Gasteiger charge is -2.41. The zero-order valence-corrected chi connectivity index (χ0v) is 18.9. The van der Waals surface area contributed by atoms with E-state index in [-0.39, 0.29) is 12.4 Å². The van der Waals surface area contributed by atoms with Crippen molar-refractivity contribution < 1.29 is 39.7 Å². The lowest BCUT2D eigenvalue weighted by Crippen LogP contribution is -2.61. The van der Waals surface area contributed by atoms with Gasteiger partial charge >= 0.3 is 0 Å². The van der Waals surface area contributed by atoms with Gasteiger partial charge in [0.05, 0.1) is 18.8 Å². The number of aliphatic hydroxyl groups excluding tert-OH is 5. The second-order valence-electron chi connectivity index (χ2n) is 8.65. The fourth-order valence-corrected chi connectivity index (χ4v) is 4.10. The van der Waals surface area contributed by atoms with Crippen LogP contribution >= 0.6 is 11.6 Å². The first-order valence-electron chi connectivity index (χ1n) is 11.0. The fraction of sp³-hybridized carbons (Fsp3) is 0.500. The van der Waals surface area contributed by atoms with Crippen LogP contribution in [-0.4, -0.2) is 68.4 Å². The number of aliphatic hydroxyl groups is 5. The molecule has 2 fully saturated rings. The number of rotatable bonds is 8. The van der Waals surface area contributed by atoms with E-state index in [0.29, 0.717) is 28.7 Å². The van der Waals surface area contributed by atoms with Crippen molar-refractivity contribution in [2.45, 2.75) is 75.7 Å². The number of benzene rings is 2. The molecule has 0 unspecified atom stereocenters. The summed E-state index contributed by atoms with van der Waals surface area (Å²) < 4.78 is 17.3. The fourth-order valence-electron chi connectivity index (χ4n) is 3.80. The molecule has 0 amide bonds. The van der Waals surface area contributed by atoms with Gasteiger partial charge in [0.2, 0.25) is 6.29 Å². The molecule has 1 aliphatic carbocycles. The molecule has 1 aliphatic heterocycles. The van der Waals surface area contributed by atoms with Crippen LogP contribution < -0.4 is 9.47 Å². The van der Waals surface area contributed by atoms with E-state index >= 15 is 0 Å². The minimum atomic E-state index is -1.58. The standard InChI is InChI=1S/C24H29ClO8/c1-12(27)23-21(29)20(28)22(30)24(33-23)32-19-10-14(11-26)9-18(25)17(19)8-13-2-4-15(5-3-13)31-16-6-7-16/h2-5,9-10,12,16,20-24,26-30H,6-8,11H2,1H3/t12-,20+,21+,22-,23-,24-/m1/s1. The molecule has 180 valence electrons. The summed E-state index contributed by atoms with van der Waals surface area (Å²) >= 11 is 6.51. The predicted octanol–water partition coefficient (Wildman–Crippen LogP) is 1.53. The molecule has 0 aromatic heterocycles. The van der Waals surface area contributed by atoms with Gasteiger partial charge in [-0.25, -0.2) is 0 Å². The highest BCUT2D eigenvalue weighted by Gasteiger charge is 2.46. The van der Waals surface area contributed by atoms with E-state index in [0.717, 1.165) is 24.2 Å². The van der Waals surface area contributed by atoms with E-state index in [1.807, 2.05) is 24.3 Å². The third-order valence-electron chi connectivity index (χ3n) is 5.85. The highest BCUT2D eigenvalue weighted by Crippen LogP contribution is 2.35. The van der Waals surface area contributed by atoms with Gasteiger partial charge in [0.15, 0.2) is 0 Å². The maximum atomic E-state index is 10.4. The first-order valence-corrected chi connectivity index (χ1v) is 11.4. The summed E-state index contributed by atoms with van der Waals surface area (Å²) in [5.74, 6) is 1.05. The Morgan fingerprint density at radius 2 is 1.70 bits per heavy atom. The second-order valence-corrected chi connectivity index (χ2v) is 9.06. The van der Waals surface area contributed by atoms with Crippen molar-refractivity contribution in [3.8, 4) is 11.5 Å². The maximum Gasteiger partial charge on any atom is 0.229 e. The van der Waals surface area contributed by atoms with Crippen molar-refractivity contribution in [3.63, 3.8) is 0 Å². The van der Waals surface area contributed by atoms with Crippen molar-refractivity contribution in [3.05, 3.63) is 58.1 Å². The Kier molecular flexibility index (Phi) is 7.45. The normalized spacial score (nSPS) is 28.4. The quantitative estimate of drug-likeness (QED) is 0.385. The van der Waals surface area contributed by atoms with Crippen LogP contribution in [0.25, 0.3) is 0 Å². The highest BCUT2D eigenvalue weighted by atomic mass is 35.5. The van der Waals surface area contributed by atoms with Crippen LogP contribution in [0.4, 0.5) is 0 Å². The zero-order chi connectivity index (χ0) is 23.7. The average molecular weight is 481 g/mol. The van der Waals surface area contributed by atoms with Crippen LogP contribution in [0.1, 0.15) is 36.5 Å². The maximum absolute atomic E-state index is 10.4. The van der Waals surface area contributed by atoms with Crippen LogP contribution in [-0.2, 0) is 17.8 Å². The number of hydrogen-bond acceptors (Lipinski definition) is 8. The molecule has 1 heterocycles. The summed E-state index contributed by atoms with van der Waals surface area (Å²) in [5.41, 5.74) is 2.02. The van der Waals surface area contributed by atoms with E-state index in [1.54, 1.807) is 12.1 Å². The van der Waals surface area contributed by atoms with Crippen LogP contribution in [0, 0.1) is 0 Å². The van der Waals surface area contributed by atoms with Crippen molar-refractivity contribution in [1.82, 2.24) is 0 Å². The zero-order valence-electron chi connectivity index (χ0n) is 18.2. The Morgan fingerprint density at radius 3 is 2.30 bits per heavy atom. The van der Waals surface area contributed by atoms with E-state index in [4.69, 9.17) is 25.8 Å². The molecule has 1 saturated heterocycles. The van der Waals surface area contributed by atoms with Crippen molar-refractivity contribution in [2.75, 3.05) is 0 Å². The van der Waals surface area contributed by atoms with Crippen LogP contribution in [0.5, 0.6) is 11.5 Å². The van der Waals surface area contributed by atoms with E-state index < -0.39 is 36.8 Å². The molecule has 1 saturated carbocycles. The molecule has 0 radical (unpaired) electrons. The Balaban J connectivity index is 1.58. The molecule has 5 N–H and O–H groups in total. The van der Waals surface area contributed by atoms with Gasteiger partial charge in [-0.1, -0.05) is 23.7 Å². The van der Waals surface area contributed by atoms with Crippen LogP contribution in [0.15, 0.2) is 36.4 Å². The average Bonchev–Trinajstić information content (AvgIpc) is 3.61. The van der Waals surface area contributed by atoms with Gasteiger partial charge in [0.25, 0.3) is 0 Å². The Hall–Kier alpha value is -1.91. The molecule has 8 nitrogen and oxygen atoms in total. The van der Waals surface area contributed by atoms with Gasteiger partial charge in [-0.05, 0) is 55.2 Å². The van der Waals surface area contributed by atoms with E-state index in [1.165, 1.54) is 6.92 Å². The van der Waals surface area contributed by atoms with Crippen molar-refractivity contribution in [2.24, 2.45) is 0 Å². The molecule has 2 aliphatic rings. The first-order chi connectivity index (χ1) is 15.8. The number of hydrogen-bond donors (Lipinski definition) is 5. The Labute approximate surface area is 196 Å². The van der Waals surface area contributed by atoms with Crippen molar-refractivity contribution >= 4 is 11.6 Å². The van der Waals surface area contributed by atoms with Gasteiger partial charge in [0.1, 0.15) is 35.9 Å². The van der Waals surface area contributed by atoms with Gasteiger partial charge in [-0.15, -0.1) is 0 Å². The molecule has 6 atom stereocenters. The van der Waals surface area contributed by atoms with Gasteiger partial charge in [-0.3, -0.25) is 0 Å². The first kappa shape index (κ1) is 24.2. The lowest BCUT2D eigenvalue weighted by atomic mass is 9.96. The smallest absolute Gasteiger partial charge is 0.229 e. The van der Waals surface area contributed by atoms with Gasteiger partial charge in [0, 0.05) is 17.0 Å². The monoisotopic (exact) mass is 480 g/mol. The van der Waals surface area contributed by atoms with Crippen LogP contribution in [0.2, 0.25) is 5.02 Å². The van der Waals surface area contributed by atoms with Gasteiger partial charge < -0.3 is 39.7 Å². The second kappa shape index (κ2) is 10.1. The molecular formula is C24H29ClO8. The van der Waals surface area contributed by atoms with E-state index in [9.17, 15) is 25.5 Å². The molecule has 0 bridgehead atoms. The molecule has 2 aromatic carbocycles.